The molecule has 4 nitrogen and oxygen atoms in total. The molecule has 0 unspecified atom stereocenters. The van der Waals surface area contributed by atoms with E-state index in [2.05, 4.69) is 0 Å². The Morgan fingerprint density at radius 2 is 1.84 bits per heavy atom. The van der Waals surface area contributed by atoms with Gasteiger partial charge in [-0.2, -0.15) is 0 Å². The quantitative estimate of drug-likeness (QED) is 0.524. The van der Waals surface area contributed by atoms with Gasteiger partial charge in [0.2, 0.25) is 0 Å². The lowest BCUT2D eigenvalue weighted by molar-refractivity contribution is 0.101. The van der Waals surface area contributed by atoms with Crippen LogP contribution < -0.4 is 10.4 Å². The molecule has 25 heavy (non-hydrogen) atoms. The summed E-state index contributed by atoms with van der Waals surface area (Å²) in [6, 6.07) is 8.90. The molecule has 0 atom stereocenters. The van der Waals surface area contributed by atoms with Gasteiger partial charge >= 0.3 is 5.63 Å². The van der Waals surface area contributed by atoms with Crippen molar-refractivity contribution in [3.63, 3.8) is 0 Å². The molecule has 0 aliphatic rings. The zero-order chi connectivity index (χ0) is 18.1. The maximum Gasteiger partial charge on any atom is 0.336 e. The minimum absolute atomic E-state index is 0.0660. The SMILES string of the molecule is CC(=O)c1cc(F)ccc1OCc1cc(=O)oc2cc(C)c(C)cc12. The van der Waals surface area contributed by atoms with Gasteiger partial charge in [-0.3, -0.25) is 4.79 Å². The first kappa shape index (κ1) is 16.9. The maximum atomic E-state index is 13.4. The molecule has 1 aromatic heterocycles. The number of halogens is 1. The van der Waals surface area contributed by atoms with Gasteiger partial charge in [-0.05, 0) is 62.2 Å². The van der Waals surface area contributed by atoms with Crippen molar-refractivity contribution in [1.82, 2.24) is 0 Å². The highest BCUT2D eigenvalue weighted by molar-refractivity contribution is 5.96. The average molecular weight is 340 g/mol. The number of ether oxygens (including phenoxy) is 1. The Morgan fingerprint density at radius 3 is 2.56 bits per heavy atom. The van der Waals surface area contributed by atoms with Crippen molar-refractivity contribution in [3.8, 4) is 5.75 Å². The summed E-state index contributed by atoms with van der Waals surface area (Å²) >= 11 is 0. The van der Waals surface area contributed by atoms with Crippen molar-refractivity contribution in [3.05, 3.63) is 74.9 Å². The van der Waals surface area contributed by atoms with Gasteiger partial charge in [-0.25, -0.2) is 9.18 Å². The normalized spacial score (nSPS) is 10.9. The first-order valence-corrected chi connectivity index (χ1v) is 7.82. The van der Waals surface area contributed by atoms with Gasteiger partial charge in [0, 0.05) is 17.0 Å². The summed E-state index contributed by atoms with van der Waals surface area (Å²) in [5.74, 6) is -0.521. The Balaban J connectivity index is 2.01. The molecule has 3 rings (SSSR count). The fourth-order valence-electron chi connectivity index (χ4n) is 2.66. The van der Waals surface area contributed by atoms with Crippen molar-refractivity contribution in [2.24, 2.45) is 0 Å². The fourth-order valence-corrected chi connectivity index (χ4v) is 2.66. The number of Topliss-reactive ketones (excluding diaryl/α,β-unsaturated/α-hetero) is 1. The van der Waals surface area contributed by atoms with E-state index in [4.69, 9.17) is 9.15 Å². The van der Waals surface area contributed by atoms with E-state index in [9.17, 15) is 14.0 Å². The fraction of sp³-hybridized carbons (Fsp3) is 0.200. The summed E-state index contributed by atoms with van der Waals surface area (Å²) < 4.78 is 24.3. The van der Waals surface area contributed by atoms with Crippen LogP contribution in [-0.4, -0.2) is 5.78 Å². The van der Waals surface area contributed by atoms with Crippen LogP contribution >= 0.6 is 0 Å². The molecule has 0 radical (unpaired) electrons. The molecule has 0 spiro atoms. The van der Waals surface area contributed by atoms with Crippen LogP contribution in [0.25, 0.3) is 11.0 Å². The smallest absolute Gasteiger partial charge is 0.336 e. The molecule has 0 aliphatic heterocycles. The highest BCUT2D eigenvalue weighted by atomic mass is 19.1. The molecule has 0 N–H and O–H groups in total. The number of carbonyl (C=O) groups is 1. The van der Waals surface area contributed by atoms with Crippen LogP contribution in [0.15, 0.2) is 45.6 Å². The van der Waals surface area contributed by atoms with Crippen LogP contribution in [0.4, 0.5) is 4.39 Å². The first-order chi connectivity index (χ1) is 11.8. The molecular formula is C20H17FO4. The van der Waals surface area contributed by atoms with Crippen molar-refractivity contribution in [2.45, 2.75) is 27.4 Å². The number of benzene rings is 2. The molecular weight excluding hydrogens is 323 g/mol. The summed E-state index contributed by atoms with van der Waals surface area (Å²) in [5.41, 5.74) is 2.91. The third-order valence-corrected chi connectivity index (χ3v) is 4.15. The third kappa shape index (κ3) is 3.45. The topological polar surface area (TPSA) is 56.5 Å². The lowest BCUT2D eigenvalue weighted by atomic mass is 10.0. The molecule has 0 saturated carbocycles. The van der Waals surface area contributed by atoms with Gasteiger partial charge in [-0.1, -0.05) is 0 Å². The number of aryl methyl sites for hydroxylation is 2. The van der Waals surface area contributed by atoms with E-state index in [1.807, 2.05) is 26.0 Å². The Morgan fingerprint density at radius 1 is 1.12 bits per heavy atom. The summed E-state index contributed by atoms with van der Waals surface area (Å²) in [5, 5.41) is 0.772. The van der Waals surface area contributed by atoms with Gasteiger partial charge in [-0.15, -0.1) is 0 Å². The van der Waals surface area contributed by atoms with E-state index in [1.54, 1.807) is 0 Å². The largest absolute Gasteiger partial charge is 0.488 e. The second-order valence-corrected chi connectivity index (χ2v) is 6.01. The summed E-state index contributed by atoms with van der Waals surface area (Å²) in [7, 11) is 0. The monoisotopic (exact) mass is 340 g/mol. The van der Waals surface area contributed by atoms with Gasteiger partial charge < -0.3 is 9.15 Å². The molecule has 0 saturated heterocycles. The van der Waals surface area contributed by atoms with Crippen molar-refractivity contribution in [1.29, 1.82) is 0 Å². The maximum absolute atomic E-state index is 13.4. The average Bonchev–Trinajstić information content (AvgIpc) is 2.55. The van der Waals surface area contributed by atoms with Gasteiger partial charge in [0.1, 0.15) is 23.8 Å². The number of fused-ring (bicyclic) bond motifs is 1. The summed E-state index contributed by atoms with van der Waals surface area (Å²) in [6.45, 7) is 5.32. The second kappa shape index (κ2) is 6.51. The lowest BCUT2D eigenvalue weighted by Crippen LogP contribution is -2.06. The number of rotatable bonds is 4. The highest BCUT2D eigenvalue weighted by Gasteiger charge is 2.12. The number of ketones is 1. The standard InChI is InChI=1S/C20H17FO4/c1-11-6-17-14(8-20(23)25-19(17)7-12(11)2)10-24-18-5-4-15(21)9-16(18)13(3)22/h4-9H,10H2,1-3H3. The Kier molecular flexibility index (Phi) is 4.40. The zero-order valence-corrected chi connectivity index (χ0v) is 14.2. The van der Waals surface area contributed by atoms with E-state index in [0.717, 1.165) is 22.6 Å². The molecule has 5 heteroatoms. The van der Waals surface area contributed by atoms with Crippen molar-refractivity contribution < 1.29 is 18.3 Å². The Bertz CT molecular complexity index is 1030. The molecule has 0 fully saturated rings. The predicted octanol–water partition coefficient (Wildman–Crippen LogP) is 4.33. The van der Waals surface area contributed by atoms with Crippen molar-refractivity contribution >= 4 is 16.8 Å². The number of carbonyl (C=O) groups excluding carboxylic acids is 1. The van der Waals surface area contributed by atoms with Gasteiger partial charge in [0.25, 0.3) is 0 Å². The van der Waals surface area contributed by atoms with E-state index >= 15 is 0 Å². The van der Waals surface area contributed by atoms with Crippen LogP contribution in [0.2, 0.25) is 0 Å². The van der Waals surface area contributed by atoms with E-state index in [1.165, 1.54) is 25.1 Å². The molecule has 0 amide bonds. The highest BCUT2D eigenvalue weighted by Crippen LogP contribution is 2.25. The number of hydrogen-bond acceptors (Lipinski definition) is 4. The van der Waals surface area contributed by atoms with E-state index in [-0.39, 0.29) is 23.7 Å². The minimum Gasteiger partial charge on any atom is -0.488 e. The van der Waals surface area contributed by atoms with E-state index < -0.39 is 11.4 Å². The van der Waals surface area contributed by atoms with Crippen LogP contribution in [0.3, 0.4) is 0 Å². The molecule has 0 bridgehead atoms. The third-order valence-electron chi connectivity index (χ3n) is 4.15. The predicted molar refractivity (Wildman–Crippen MR) is 92.7 cm³/mol. The van der Waals surface area contributed by atoms with Crippen LogP contribution in [0.5, 0.6) is 5.75 Å². The van der Waals surface area contributed by atoms with Crippen LogP contribution in [0.1, 0.15) is 34.0 Å². The van der Waals surface area contributed by atoms with Gasteiger partial charge in [0.15, 0.2) is 5.78 Å². The molecule has 128 valence electrons. The Hall–Kier alpha value is -2.95. The molecule has 0 aliphatic carbocycles. The minimum atomic E-state index is -0.505. The molecule has 2 aromatic carbocycles. The number of hydrogen-bond donors (Lipinski definition) is 0. The molecule has 3 aromatic rings. The van der Waals surface area contributed by atoms with Crippen LogP contribution in [-0.2, 0) is 6.61 Å². The summed E-state index contributed by atoms with van der Waals surface area (Å²) in [4.78, 5) is 23.5. The summed E-state index contributed by atoms with van der Waals surface area (Å²) in [6.07, 6.45) is 0. The lowest BCUT2D eigenvalue weighted by Gasteiger charge is -2.12. The van der Waals surface area contributed by atoms with Gasteiger partial charge in [0.05, 0.1) is 5.56 Å². The van der Waals surface area contributed by atoms with E-state index in [0.29, 0.717) is 11.1 Å². The molecule has 1 heterocycles. The zero-order valence-electron chi connectivity index (χ0n) is 14.2. The van der Waals surface area contributed by atoms with Crippen LogP contribution in [0, 0.1) is 19.7 Å². The second-order valence-electron chi connectivity index (χ2n) is 6.01. The first-order valence-electron chi connectivity index (χ1n) is 7.82. The Labute approximate surface area is 143 Å². The van der Waals surface area contributed by atoms with Crippen molar-refractivity contribution in [2.75, 3.05) is 0 Å².